The summed E-state index contributed by atoms with van der Waals surface area (Å²) < 4.78 is 24.0. The highest BCUT2D eigenvalue weighted by Gasteiger charge is 2.28. The molecule has 23 heavy (non-hydrogen) atoms. The molecule has 1 atom stereocenters. The van der Waals surface area contributed by atoms with Gasteiger partial charge in [0.05, 0.1) is 6.61 Å². The van der Waals surface area contributed by atoms with E-state index in [1.807, 2.05) is 20.9 Å². The maximum absolute atomic E-state index is 13.0. The van der Waals surface area contributed by atoms with Crippen molar-refractivity contribution in [2.75, 3.05) is 33.4 Å². The standard InChI is InChI=1S/C18H28FNO3/c1-13(2)15(4)17(12-14(3)19)23-11-10-22-9-7-16-6-8-20(5)18(16)21/h12-13,16H,3-4,6-11H2,1-2,5H3/b17-12+. The first kappa shape index (κ1) is 19.4. The van der Waals surface area contributed by atoms with Crippen LogP contribution in [0.15, 0.2) is 36.4 Å². The van der Waals surface area contributed by atoms with Crippen LogP contribution in [0.1, 0.15) is 26.7 Å². The summed E-state index contributed by atoms with van der Waals surface area (Å²) in [5, 5.41) is 0. The van der Waals surface area contributed by atoms with E-state index in [1.54, 1.807) is 4.90 Å². The fraction of sp³-hybridized carbons (Fsp3) is 0.611. The van der Waals surface area contributed by atoms with Crippen molar-refractivity contribution in [1.82, 2.24) is 4.90 Å². The van der Waals surface area contributed by atoms with E-state index in [0.29, 0.717) is 25.6 Å². The SMILES string of the molecule is C=C(F)/C=C(/OCCOCCC1CCN(C)C1=O)C(=C)C(C)C. The Balaban J connectivity index is 2.25. The molecule has 130 valence electrons. The smallest absolute Gasteiger partial charge is 0.225 e. The molecule has 1 fully saturated rings. The van der Waals surface area contributed by atoms with Gasteiger partial charge in [0.1, 0.15) is 18.2 Å². The Bertz CT molecular complexity index is 471. The fourth-order valence-corrected chi connectivity index (χ4v) is 2.35. The predicted octanol–water partition coefficient (Wildman–Crippen LogP) is 3.47. The van der Waals surface area contributed by atoms with Crippen LogP contribution >= 0.6 is 0 Å². The third-order valence-electron chi connectivity index (χ3n) is 3.94. The molecule has 0 saturated carbocycles. The van der Waals surface area contributed by atoms with E-state index < -0.39 is 5.83 Å². The summed E-state index contributed by atoms with van der Waals surface area (Å²) in [5.41, 5.74) is 0.725. The van der Waals surface area contributed by atoms with Crippen LogP contribution in [0, 0.1) is 11.8 Å². The van der Waals surface area contributed by atoms with Gasteiger partial charge in [-0.2, -0.15) is 0 Å². The molecule has 4 nitrogen and oxygen atoms in total. The lowest BCUT2D eigenvalue weighted by atomic mass is 10.0. The maximum Gasteiger partial charge on any atom is 0.225 e. The molecule has 0 N–H and O–H groups in total. The number of rotatable bonds is 10. The molecular weight excluding hydrogens is 297 g/mol. The molecule has 1 heterocycles. The van der Waals surface area contributed by atoms with Gasteiger partial charge in [-0.05, 0) is 24.3 Å². The third-order valence-corrected chi connectivity index (χ3v) is 3.94. The van der Waals surface area contributed by atoms with Crippen molar-refractivity contribution in [1.29, 1.82) is 0 Å². The van der Waals surface area contributed by atoms with Gasteiger partial charge in [0, 0.05) is 32.2 Å². The number of ether oxygens (including phenoxy) is 2. The summed E-state index contributed by atoms with van der Waals surface area (Å²) in [7, 11) is 1.82. The van der Waals surface area contributed by atoms with Crippen LogP contribution in [0.2, 0.25) is 0 Å². The summed E-state index contributed by atoms with van der Waals surface area (Å²) in [4.78, 5) is 13.5. The number of carbonyl (C=O) groups excluding carboxylic acids is 1. The molecule has 0 spiro atoms. The van der Waals surface area contributed by atoms with Crippen molar-refractivity contribution in [3.63, 3.8) is 0 Å². The number of hydrogen-bond donors (Lipinski definition) is 0. The van der Waals surface area contributed by atoms with E-state index in [2.05, 4.69) is 13.2 Å². The monoisotopic (exact) mass is 325 g/mol. The zero-order chi connectivity index (χ0) is 17.4. The Labute approximate surface area is 138 Å². The Morgan fingerprint density at radius 1 is 1.39 bits per heavy atom. The van der Waals surface area contributed by atoms with Gasteiger partial charge in [0.15, 0.2) is 0 Å². The highest BCUT2D eigenvalue weighted by molar-refractivity contribution is 5.80. The van der Waals surface area contributed by atoms with Gasteiger partial charge in [0.25, 0.3) is 0 Å². The normalized spacial score (nSPS) is 18.7. The van der Waals surface area contributed by atoms with Crippen molar-refractivity contribution < 1.29 is 18.7 Å². The lowest BCUT2D eigenvalue weighted by Crippen LogP contribution is -2.23. The molecule has 0 aromatic carbocycles. The predicted molar refractivity (Wildman–Crippen MR) is 89.4 cm³/mol. The molecule has 1 saturated heterocycles. The van der Waals surface area contributed by atoms with E-state index in [9.17, 15) is 9.18 Å². The largest absolute Gasteiger partial charge is 0.491 e. The number of carbonyl (C=O) groups is 1. The van der Waals surface area contributed by atoms with Gasteiger partial charge in [-0.3, -0.25) is 4.79 Å². The number of nitrogens with zero attached hydrogens (tertiary/aromatic N) is 1. The maximum atomic E-state index is 13.0. The summed E-state index contributed by atoms with van der Waals surface area (Å²) in [6, 6.07) is 0. The number of halogens is 1. The number of allylic oxidation sites excluding steroid dienone is 3. The van der Waals surface area contributed by atoms with Crippen LogP contribution in [0.4, 0.5) is 4.39 Å². The topological polar surface area (TPSA) is 38.8 Å². The molecule has 0 bridgehead atoms. The van der Waals surface area contributed by atoms with Crippen LogP contribution in [0.3, 0.4) is 0 Å². The second-order valence-corrected chi connectivity index (χ2v) is 6.13. The van der Waals surface area contributed by atoms with Crippen LogP contribution in [0.5, 0.6) is 0 Å². The lowest BCUT2D eigenvalue weighted by molar-refractivity contribution is -0.130. The minimum Gasteiger partial charge on any atom is -0.491 e. The number of amides is 1. The van der Waals surface area contributed by atoms with Crippen molar-refractivity contribution in [3.05, 3.63) is 36.4 Å². The summed E-state index contributed by atoms with van der Waals surface area (Å²) >= 11 is 0. The Hall–Kier alpha value is -1.62. The molecule has 0 aliphatic carbocycles. The van der Waals surface area contributed by atoms with E-state index in [4.69, 9.17) is 9.47 Å². The van der Waals surface area contributed by atoms with Crippen LogP contribution in [-0.4, -0.2) is 44.2 Å². The Morgan fingerprint density at radius 3 is 2.61 bits per heavy atom. The molecule has 1 amide bonds. The quantitative estimate of drug-likeness (QED) is 0.351. The van der Waals surface area contributed by atoms with Gasteiger partial charge in [-0.1, -0.05) is 27.0 Å². The van der Waals surface area contributed by atoms with Gasteiger partial charge < -0.3 is 14.4 Å². The molecule has 1 aliphatic heterocycles. The zero-order valence-corrected chi connectivity index (χ0v) is 14.4. The summed E-state index contributed by atoms with van der Waals surface area (Å²) in [5.74, 6) is 0.277. The second kappa shape index (κ2) is 9.50. The van der Waals surface area contributed by atoms with Crippen molar-refractivity contribution in [2.45, 2.75) is 26.7 Å². The molecule has 1 rings (SSSR count). The van der Waals surface area contributed by atoms with Crippen LogP contribution in [0.25, 0.3) is 0 Å². The molecule has 0 aromatic heterocycles. The first-order valence-corrected chi connectivity index (χ1v) is 8.03. The van der Waals surface area contributed by atoms with Gasteiger partial charge >= 0.3 is 0 Å². The highest BCUT2D eigenvalue weighted by atomic mass is 19.1. The van der Waals surface area contributed by atoms with Crippen molar-refractivity contribution >= 4 is 5.91 Å². The molecule has 1 aliphatic rings. The van der Waals surface area contributed by atoms with Crippen molar-refractivity contribution in [3.8, 4) is 0 Å². The highest BCUT2D eigenvalue weighted by Crippen LogP contribution is 2.21. The molecule has 0 radical (unpaired) electrons. The summed E-state index contributed by atoms with van der Waals surface area (Å²) in [6.07, 6.45) is 2.87. The average molecular weight is 325 g/mol. The second-order valence-electron chi connectivity index (χ2n) is 6.13. The minimum absolute atomic E-state index is 0.0759. The van der Waals surface area contributed by atoms with Crippen molar-refractivity contribution in [2.24, 2.45) is 11.8 Å². The zero-order valence-electron chi connectivity index (χ0n) is 14.4. The van der Waals surface area contributed by atoms with E-state index in [1.165, 1.54) is 6.08 Å². The van der Waals surface area contributed by atoms with Crippen LogP contribution in [-0.2, 0) is 14.3 Å². The molecule has 5 heteroatoms. The van der Waals surface area contributed by atoms with E-state index in [0.717, 1.165) is 25.0 Å². The Morgan fingerprint density at radius 2 is 2.09 bits per heavy atom. The number of hydrogen-bond acceptors (Lipinski definition) is 3. The van der Waals surface area contributed by atoms with Crippen LogP contribution < -0.4 is 0 Å². The number of likely N-dealkylation sites (tertiary alicyclic amines) is 1. The van der Waals surface area contributed by atoms with Gasteiger partial charge in [-0.15, -0.1) is 0 Å². The first-order valence-electron chi connectivity index (χ1n) is 8.03. The molecule has 1 unspecified atom stereocenters. The van der Waals surface area contributed by atoms with E-state index in [-0.39, 0.29) is 17.7 Å². The van der Waals surface area contributed by atoms with Gasteiger partial charge in [-0.25, -0.2) is 4.39 Å². The van der Waals surface area contributed by atoms with Gasteiger partial charge in [0.2, 0.25) is 5.91 Å². The Kier molecular flexibility index (Phi) is 8.03. The third kappa shape index (κ3) is 6.57. The van der Waals surface area contributed by atoms with E-state index >= 15 is 0 Å². The molecular formula is C18H28FNO3. The lowest BCUT2D eigenvalue weighted by Gasteiger charge is -2.16. The average Bonchev–Trinajstić information content (AvgIpc) is 2.80. The minimum atomic E-state index is -0.563. The fourth-order valence-electron chi connectivity index (χ4n) is 2.35. The molecule has 0 aromatic rings. The first-order chi connectivity index (χ1) is 10.8. The summed E-state index contributed by atoms with van der Waals surface area (Å²) in [6.45, 7) is 13.1.